The number of nitrogens with one attached hydrogen (secondary N) is 1. The number of hydrogen-bond donors (Lipinski definition) is 1. The molecule has 7 nitrogen and oxygen atoms in total. The Labute approximate surface area is 181 Å². The van der Waals surface area contributed by atoms with Crippen molar-refractivity contribution in [2.24, 2.45) is 0 Å². The van der Waals surface area contributed by atoms with Crippen LogP contribution in [0, 0.1) is 0 Å². The van der Waals surface area contributed by atoms with Crippen molar-refractivity contribution in [2.45, 2.75) is 25.1 Å². The molecule has 5 rings (SSSR count). The van der Waals surface area contributed by atoms with Gasteiger partial charge >= 0.3 is 6.18 Å². The number of rotatable bonds is 4. The van der Waals surface area contributed by atoms with Crippen LogP contribution in [0.15, 0.2) is 60.9 Å². The van der Waals surface area contributed by atoms with Gasteiger partial charge in [0.2, 0.25) is 0 Å². The first kappa shape index (κ1) is 20.1. The second-order valence-corrected chi connectivity index (χ2v) is 7.44. The molecule has 1 aromatic carbocycles. The molecule has 0 aliphatic carbocycles. The molecule has 1 aliphatic rings. The molecule has 3 aromatic heterocycles. The van der Waals surface area contributed by atoms with E-state index >= 15 is 0 Å². The number of hydrogen-bond acceptors (Lipinski definition) is 6. The third-order valence-corrected chi connectivity index (χ3v) is 5.32. The highest BCUT2D eigenvalue weighted by Crippen LogP contribution is 2.37. The molecule has 0 saturated carbocycles. The first-order valence-electron chi connectivity index (χ1n) is 10.1. The number of pyridine rings is 1. The van der Waals surface area contributed by atoms with Gasteiger partial charge in [-0.1, -0.05) is 30.3 Å². The summed E-state index contributed by atoms with van der Waals surface area (Å²) in [6.07, 6.45) is -0.0979. The van der Waals surface area contributed by atoms with Crippen LogP contribution >= 0.6 is 0 Å². The first-order valence-corrected chi connectivity index (χ1v) is 10.1. The minimum atomic E-state index is -4.60. The molecule has 1 N–H and O–H groups in total. The van der Waals surface area contributed by atoms with E-state index in [-0.39, 0.29) is 17.7 Å². The lowest BCUT2D eigenvalue weighted by Crippen LogP contribution is -2.25. The molecule has 162 valence electrons. The molecule has 10 heteroatoms. The zero-order valence-electron chi connectivity index (χ0n) is 16.8. The van der Waals surface area contributed by atoms with E-state index < -0.39 is 11.9 Å². The van der Waals surface area contributed by atoms with Gasteiger partial charge in [0.1, 0.15) is 11.6 Å². The van der Waals surface area contributed by atoms with Crippen molar-refractivity contribution in [2.75, 3.05) is 11.4 Å². The summed E-state index contributed by atoms with van der Waals surface area (Å²) < 4.78 is 40.8. The molecule has 4 aromatic rings. The maximum atomic E-state index is 13.6. The number of benzene rings is 1. The summed E-state index contributed by atoms with van der Waals surface area (Å²) in [5.74, 6) is 1.32. The standard InChI is InChI=1S/C22H18F3N7/c23-22(24,25)17-12-18(28-19(27-17)15-8-4-10-26-13-15)32-11-5-9-16(32)21-29-20(30-31-21)14-6-2-1-3-7-14/h1-4,6-8,10,12-13,16H,5,9,11H2,(H,29,30,31)/t16-/m1/s1. The molecule has 0 amide bonds. The summed E-state index contributed by atoms with van der Waals surface area (Å²) in [5.41, 5.74) is 0.288. The molecule has 0 spiro atoms. The Kier molecular flexibility index (Phi) is 5.04. The number of alkyl halides is 3. The third kappa shape index (κ3) is 3.91. The van der Waals surface area contributed by atoms with Crippen molar-refractivity contribution < 1.29 is 13.2 Å². The number of halogens is 3. The van der Waals surface area contributed by atoms with E-state index in [0.717, 1.165) is 24.5 Å². The average molecular weight is 437 g/mol. The van der Waals surface area contributed by atoms with Crippen molar-refractivity contribution >= 4 is 5.82 Å². The topological polar surface area (TPSA) is 83.5 Å². The number of aromatic amines is 1. The summed E-state index contributed by atoms with van der Waals surface area (Å²) in [6, 6.07) is 13.5. The lowest BCUT2D eigenvalue weighted by atomic mass is 10.2. The van der Waals surface area contributed by atoms with E-state index in [9.17, 15) is 13.2 Å². The zero-order valence-corrected chi connectivity index (χ0v) is 16.8. The predicted molar refractivity (Wildman–Crippen MR) is 111 cm³/mol. The normalized spacial score (nSPS) is 16.5. The second-order valence-electron chi connectivity index (χ2n) is 7.44. The number of aromatic nitrogens is 6. The Morgan fingerprint density at radius 2 is 1.75 bits per heavy atom. The predicted octanol–water partition coefficient (Wildman–Crippen LogP) is 4.68. The Hall–Kier alpha value is -3.82. The van der Waals surface area contributed by atoms with Gasteiger partial charge in [0, 0.05) is 36.1 Å². The van der Waals surface area contributed by atoms with Crippen molar-refractivity contribution in [1.29, 1.82) is 0 Å². The van der Waals surface area contributed by atoms with Crippen molar-refractivity contribution in [1.82, 2.24) is 30.1 Å². The van der Waals surface area contributed by atoms with Gasteiger partial charge in [0.15, 0.2) is 17.3 Å². The highest BCUT2D eigenvalue weighted by molar-refractivity contribution is 5.58. The minimum Gasteiger partial charge on any atom is -0.346 e. The summed E-state index contributed by atoms with van der Waals surface area (Å²) in [5, 5.41) is 7.26. The second kappa shape index (κ2) is 8.03. The van der Waals surface area contributed by atoms with Gasteiger partial charge in [0.25, 0.3) is 0 Å². The minimum absolute atomic E-state index is 0.0175. The molecule has 4 heterocycles. The van der Waals surface area contributed by atoms with E-state index in [2.05, 4.69) is 30.1 Å². The highest BCUT2D eigenvalue weighted by Gasteiger charge is 2.36. The summed E-state index contributed by atoms with van der Waals surface area (Å²) >= 11 is 0. The van der Waals surface area contributed by atoms with Gasteiger partial charge in [-0.3, -0.25) is 10.1 Å². The van der Waals surface area contributed by atoms with E-state index in [1.165, 1.54) is 6.20 Å². The lowest BCUT2D eigenvalue weighted by molar-refractivity contribution is -0.141. The zero-order chi connectivity index (χ0) is 22.1. The summed E-state index contributed by atoms with van der Waals surface area (Å²) in [7, 11) is 0. The van der Waals surface area contributed by atoms with Gasteiger partial charge in [-0.05, 0) is 25.0 Å². The molecule has 1 saturated heterocycles. The fourth-order valence-electron chi connectivity index (χ4n) is 3.82. The molecular formula is C22H18F3N7. The van der Waals surface area contributed by atoms with Crippen LogP contribution in [-0.2, 0) is 6.18 Å². The number of nitrogens with zero attached hydrogens (tertiary/aromatic N) is 6. The third-order valence-electron chi connectivity index (χ3n) is 5.32. The van der Waals surface area contributed by atoms with E-state index in [4.69, 9.17) is 0 Å². The lowest BCUT2D eigenvalue weighted by Gasteiger charge is -2.25. The van der Waals surface area contributed by atoms with Gasteiger partial charge < -0.3 is 4.90 Å². The maximum Gasteiger partial charge on any atom is 0.433 e. The molecule has 0 unspecified atom stereocenters. The summed E-state index contributed by atoms with van der Waals surface area (Å²) in [6.45, 7) is 0.548. The summed E-state index contributed by atoms with van der Waals surface area (Å²) in [4.78, 5) is 18.6. The molecule has 1 atom stereocenters. The van der Waals surface area contributed by atoms with E-state index in [1.54, 1.807) is 18.3 Å². The van der Waals surface area contributed by atoms with Crippen LogP contribution in [0.4, 0.5) is 19.0 Å². The Bertz CT molecular complexity index is 1210. The average Bonchev–Trinajstić information content (AvgIpc) is 3.49. The van der Waals surface area contributed by atoms with Crippen LogP contribution in [0.5, 0.6) is 0 Å². The van der Waals surface area contributed by atoms with Gasteiger partial charge in [-0.2, -0.15) is 18.3 Å². The molecule has 32 heavy (non-hydrogen) atoms. The highest BCUT2D eigenvalue weighted by atomic mass is 19.4. The van der Waals surface area contributed by atoms with Gasteiger partial charge in [-0.25, -0.2) is 15.0 Å². The van der Waals surface area contributed by atoms with Crippen LogP contribution in [0.25, 0.3) is 22.8 Å². The van der Waals surface area contributed by atoms with Crippen LogP contribution < -0.4 is 4.90 Å². The van der Waals surface area contributed by atoms with Crippen LogP contribution in [0.2, 0.25) is 0 Å². The molecule has 1 fully saturated rings. The van der Waals surface area contributed by atoms with Crippen LogP contribution in [-0.4, -0.2) is 36.7 Å². The van der Waals surface area contributed by atoms with Gasteiger partial charge in [-0.15, -0.1) is 0 Å². The van der Waals surface area contributed by atoms with Crippen molar-refractivity contribution in [3.8, 4) is 22.8 Å². The SMILES string of the molecule is FC(F)(F)c1cc(N2CCC[C@@H]2c2nc(-c3ccccc3)n[nH]2)nc(-c2cccnc2)n1. The quantitative estimate of drug-likeness (QED) is 0.499. The molecular weight excluding hydrogens is 419 g/mol. The number of H-pyrrole nitrogens is 1. The van der Waals surface area contributed by atoms with Crippen molar-refractivity contribution in [3.05, 3.63) is 72.4 Å². The van der Waals surface area contributed by atoms with Crippen LogP contribution in [0.3, 0.4) is 0 Å². The largest absolute Gasteiger partial charge is 0.433 e. The number of anilines is 1. The maximum absolute atomic E-state index is 13.6. The molecule has 0 bridgehead atoms. The first-order chi connectivity index (χ1) is 15.5. The fraction of sp³-hybridized carbons (Fsp3) is 0.227. The molecule has 1 aliphatic heterocycles. The Balaban J connectivity index is 1.53. The smallest absolute Gasteiger partial charge is 0.346 e. The van der Waals surface area contributed by atoms with Crippen LogP contribution in [0.1, 0.15) is 30.4 Å². The molecule has 0 radical (unpaired) electrons. The fourth-order valence-corrected chi connectivity index (χ4v) is 3.82. The monoisotopic (exact) mass is 437 g/mol. The Morgan fingerprint density at radius 3 is 2.50 bits per heavy atom. The Morgan fingerprint density at radius 1 is 0.938 bits per heavy atom. The van der Waals surface area contributed by atoms with E-state index in [1.807, 2.05) is 35.2 Å². The van der Waals surface area contributed by atoms with Gasteiger partial charge in [0.05, 0.1) is 6.04 Å². The van der Waals surface area contributed by atoms with E-state index in [0.29, 0.717) is 23.8 Å². The van der Waals surface area contributed by atoms with Crippen molar-refractivity contribution in [3.63, 3.8) is 0 Å².